The molecule has 0 bridgehead atoms. The average Bonchev–Trinajstić information content (AvgIpc) is 3.36. The number of hydrogen-bond donors (Lipinski definition) is 1. The number of ketones is 1. The molecule has 0 spiro atoms. The number of amides is 1. The van der Waals surface area contributed by atoms with E-state index in [2.05, 4.69) is 13.8 Å². The topological polar surface area (TPSA) is 89.2 Å². The second kappa shape index (κ2) is 9.11. The van der Waals surface area contributed by atoms with Crippen molar-refractivity contribution in [2.24, 2.45) is 0 Å². The highest BCUT2D eigenvalue weighted by Gasteiger charge is 2.44. The van der Waals surface area contributed by atoms with Gasteiger partial charge in [-0.05, 0) is 29.2 Å². The van der Waals surface area contributed by atoms with Crippen molar-refractivity contribution >= 4 is 22.7 Å². The molecule has 7 heteroatoms. The van der Waals surface area contributed by atoms with Crippen LogP contribution < -0.4 is 4.74 Å². The number of methoxy groups -OCH3 is 2. The van der Waals surface area contributed by atoms with Gasteiger partial charge in [-0.25, -0.2) is 0 Å². The molecule has 1 aliphatic heterocycles. The van der Waals surface area contributed by atoms with Gasteiger partial charge in [0, 0.05) is 19.0 Å². The second-order valence-corrected chi connectivity index (χ2v) is 8.30. The predicted molar refractivity (Wildman–Crippen MR) is 124 cm³/mol. The lowest BCUT2D eigenvalue weighted by Gasteiger charge is -2.26. The Kier molecular flexibility index (Phi) is 6.24. The van der Waals surface area contributed by atoms with Gasteiger partial charge in [0.15, 0.2) is 22.9 Å². The van der Waals surface area contributed by atoms with E-state index in [0.717, 1.165) is 11.1 Å². The number of furan rings is 1. The lowest BCUT2D eigenvalue weighted by atomic mass is 9.93. The summed E-state index contributed by atoms with van der Waals surface area (Å²) < 4.78 is 16.3. The van der Waals surface area contributed by atoms with Crippen molar-refractivity contribution in [3.05, 3.63) is 76.8 Å². The predicted octanol–water partition coefficient (Wildman–Crippen LogP) is 4.79. The molecule has 0 fully saturated rings. The molecule has 1 atom stereocenters. The molecule has 1 N–H and O–H groups in total. The third-order valence-corrected chi connectivity index (χ3v) is 5.96. The van der Waals surface area contributed by atoms with Gasteiger partial charge in [0.2, 0.25) is 5.78 Å². The minimum atomic E-state index is -0.753. The van der Waals surface area contributed by atoms with Crippen LogP contribution in [0.2, 0.25) is 0 Å². The molecule has 1 amide bonds. The molecule has 3 aromatic rings. The molecule has 0 radical (unpaired) electrons. The number of Topliss-reactive ketones (excluding diaryl/α,β-unsaturated/α-hetero) is 1. The number of carbonyl (C=O) groups excluding carboxylic acids is 2. The Hall–Kier alpha value is -3.58. The van der Waals surface area contributed by atoms with Crippen molar-refractivity contribution in [3.8, 4) is 5.75 Å². The molecule has 1 aliphatic rings. The van der Waals surface area contributed by atoms with Gasteiger partial charge >= 0.3 is 0 Å². The second-order valence-electron chi connectivity index (χ2n) is 8.30. The summed E-state index contributed by atoms with van der Waals surface area (Å²) in [6, 6.07) is 13.9. The normalized spacial score (nSPS) is 16.3. The molecular formula is C26H27NO6. The number of rotatable bonds is 8. The van der Waals surface area contributed by atoms with Gasteiger partial charge in [-0.15, -0.1) is 0 Å². The zero-order valence-corrected chi connectivity index (χ0v) is 19.1. The summed E-state index contributed by atoms with van der Waals surface area (Å²) in [5, 5.41) is 11.5. The molecular weight excluding hydrogens is 422 g/mol. The van der Waals surface area contributed by atoms with Gasteiger partial charge in [0.25, 0.3) is 5.91 Å². The van der Waals surface area contributed by atoms with E-state index < -0.39 is 23.5 Å². The van der Waals surface area contributed by atoms with Crippen molar-refractivity contribution in [3.63, 3.8) is 0 Å². The third kappa shape index (κ3) is 4.00. The Bertz CT molecular complexity index is 1220. The highest BCUT2D eigenvalue weighted by atomic mass is 16.5. The van der Waals surface area contributed by atoms with Gasteiger partial charge in [0.1, 0.15) is 0 Å². The molecule has 172 valence electrons. The molecule has 4 rings (SSSR count). The van der Waals surface area contributed by atoms with Crippen LogP contribution in [0.5, 0.6) is 5.75 Å². The van der Waals surface area contributed by atoms with Gasteiger partial charge in [0.05, 0.1) is 25.3 Å². The van der Waals surface area contributed by atoms with Gasteiger partial charge < -0.3 is 23.9 Å². The van der Waals surface area contributed by atoms with Crippen molar-refractivity contribution < 1.29 is 28.6 Å². The molecule has 0 saturated carbocycles. The van der Waals surface area contributed by atoms with Crippen LogP contribution >= 0.6 is 0 Å². The molecule has 2 heterocycles. The number of ether oxygens (including phenoxy) is 2. The summed E-state index contributed by atoms with van der Waals surface area (Å²) in [7, 11) is 3.06. The van der Waals surface area contributed by atoms with E-state index in [1.165, 1.54) is 19.1 Å². The van der Waals surface area contributed by atoms with Crippen molar-refractivity contribution in [1.29, 1.82) is 0 Å². The van der Waals surface area contributed by atoms with Crippen LogP contribution in [0, 0.1) is 0 Å². The lowest BCUT2D eigenvalue weighted by molar-refractivity contribution is -0.130. The Labute approximate surface area is 192 Å². The number of fused-ring (bicyclic) bond motifs is 1. The number of hydrogen-bond acceptors (Lipinski definition) is 6. The molecule has 0 aliphatic carbocycles. The zero-order chi connectivity index (χ0) is 23.7. The first-order valence-electron chi connectivity index (χ1n) is 10.8. The highest BCUT2D eigenvalue weighted by Crippen LogP contribution is 2.40. The summed E-state index contributed by atoms with van der Waals surface area (Å²) in [5.41, 5.74) is 2.29. The minimum absolute atomic E-state index is 0.00794. The fourth-order valence-corrected chi connectivity index (χ4v) is 4.16. The first-order chi connectivity index (χ1) is 15.9. The Balaban J connectivity index is 1.79. The summed E-state index contributed by atoms with van der Waals surface area (Å²) in [6.07, 6.45) is 0. The van der Waals surface area contributed by atoms with Crippen LogP contribution in [0.15, 0.2) is 64.3 Å². The number of para-hydroxylation sites is 1. The molecule has 0 saturated heterocycles. The largest absolute Gasteiger partial charge is 0.503 e. The average molecular weight is 450 g/mol. The maximum atomic E-state index is 13.6. The standard InChI is InChI=1S/C26H27NO6/c1-15(2)16-8-10-17(11-9-16)22-21(24(29)26(30)27(22)12-13-31-3)23(28)20-14-18-6-5-7-19(32-4)25(18)33-20/h5-11,14-15,22,29H,12-13H2,1-4H3. The Morgan fingerprint density at radius 3 is 2.52 bits per heavy atom. The first-order valence-corrected chi connectivity index (χ1v) is 10.8. The Morgan fingerprint density at radius 1 is 1.15 bits per heavy atom. The molecule has 33 heavy (non-hydrogen) atoms. The van der Waals surface area contributed by atoms with Crippen LogP contribution in [0.4, 0.5) is 0 Å². The van der Waals surface area contributed by atoms with Crippen molar-refractivity contribution in [2.45, 2.75) is 25.8 Å². The van der Waals surface area contributed by atoms with E-state index in [0.29, 0.717) is 22.6 Å². The van der Waals surface area contributed by atoms with Crippen LogP contribution in [-0.4, -0.2) is 49.1 Å². The monoisotopic (exact) mass is 449 g/mol. The van der Waals surface area contributed by atoms with Crippen LogP contribution in [-0.2, 0) is 9.53 Å². The minimum Gasteiger partial charge on any atom is -0.503 e. The first kappa shape index (κ1) is 22.6. The van der Waals surface area contributed by atoms with Crippen LogP contribution in [0.25, 0.3) is 11.0 Å². The summed E-state index contributed by atoms with van der Waals surface area (Å²) in [4.78, 5) is 28.0. The fourth-order valence-electron chi connectivity index (χ4n) is 4.16. The maximum absolute atomic E-state index is 13.6. The number of nitrogens with zero attached hydrogens (tertiary/aromatic N) is 1. The van der Waals surface area contributed by atoms with E-state index in [4.69, 9.17) is 13.9 Å². The molecule has 1 aromatic heterocycles. The summed E-state index contributed by atoms with van der Waals surface area (Å²) >= 11 is 0. The van der Waals surface area contributed by atoms with E-state index in [1.54, 1.807) is 24.3 Å². The fraction of sp³-hybridized carbons (Fsp3) is 0.308. The van der Waals surface area contributed by atoms with E-state index >= 15 is 0 Å². The summed E-state index contributed by atoms with van der Waals surface area (Å²) in [6.45, 7) is 4.68. The van der Waals surface area contributed by atoms with Crippen LogP contribution in [0.1, 0.15) is 47.5 Å². The van der Waals surface area contributed by atoms with Gasteiger partial charge in [-0.3, -0.25) is 9.59 Å². The maximum Gasteiger partial charge on any atom is 0.290 e. The van der Waals surface area contributed by atoms with E-state index in [9.17, 15) is 14.7 Å². The quantitative estimate of drug-likeness (QED) is 0.498. The molecule has 1 unspecified atom stereocenters. The van der Waals surface area contributed by atoms with Crippen LogP contribution in [0.3, 0.4) is 0 Å². The number of aliphatic hydroxyl groups is 1. The smallest absolute Gasteiger partial charge is 0.290 e. The SMILES string of the molecule is COCCN1C(=O)C(O)=C(C(=O)c2cc3cccc(OC)c3o2)C1c1ccc(C(C)C)cc1. The van der Waals surface area contributed by atoms with E-state index in [-0.39, 0.29) is 24.5 Å². The van der Waals surface area contributed by atoms with Crippen molar-refractivity contribution in [2.75, 3.05) is 27.4 Å². The number of aliphatic hydroxyl groups excluding tert-OH is 1. The lowest BCUT2D eigenvalue weighted by Crippen LogP contribution is -2.34. The van der Waals surface area contributed by atoms with Gasteiger partial charge in [-0.2, -0.15) is 0 Å². The molecule has 7 nitrogen and oxygen atoms in total. The van der Waals surface area contributed by atoms with Crippen molar-refractivity contribution in [1.82, 2.24) is 4.90 Å². The third-order valence-electron chi connectivity index (χ3n) is 5.96. The van der Waals surface area contributed by atoms with E-state index in [1.807, 2.05) is 24.3 Å². The molecule has 2 aromatic carbocycles. The van der Waals surface area contributed by atoms with Gasteiger partial charge in [-0.1, -0.05) is 50.2 Å². The number of carbonyl (C=O) groups is 2. The summed E-state index contributed by atoms with van der Waals surface area (Å²) in [5.74, 6) is -0.860. The number of benzene rings is 2. The zero-order valence-electron chi connectivity index (χ0n) is 19.1. The highest BCUT2D eigenvalue weighted by molar-refractivity contribution is 6.16. The Morgan fingerprint density at radius 2 is 1.88 bits per heavy atom.